The van der Waals surface area contributed by atoms with Gasteiger partial charge in [0, 0.05) is 12.0 Å². The summed E-state index contributed by atoms with van der Waals surface area (Å²) in [6.07, 6.45) is 12.5. The van der Waals surface area contributed by atoms with Gasteiger partial charge >= 0.3 is 0 Å². The molecule has 0 radical (unpaired) electrons. The maximum atomic E-state index is 11.2. The third-order valence-corrected chi connectivity index (χ3v) is 1.86. The predicted octanol–water partition coefficient (Wildman–Crippen LogP) is 2.54. The molecule has 0 fully saturated rings. The van der Waals surface area contributed by atoms with Gasteiger partial charge in [-0.3, -0.25) is 4.79 Å². The normalized spacial score (nSPS) is 12.6. The van der Waals surface area contributed by atoms with Crippen LogP contribution in [0.2, 0.25) is 0 Å². The third-order valence-electron chi connectivity index (χ3n) is 1.86. The molecule has 0 saturated heterocycles. The van der Waals surface area contributed by atoms with Crippen LogP contribution in [0.1, 0.15) is 22.3 Å². The van der Waals surface area contributed by atoms with E-state index in [1.807, 2.05) is 36.4 Å². The van der Waals surface area contributed by atoms with Gasteiger partial charge in [0.05, 0.1) is 0 Å². The molecule has 64 valence electrons. The molecule has 0 aliphatic heterocycles. The van der Waals surface area contributed by atoms with Gasteiger partial charge in [-0.2, -0.15) is 0 Å². The monoisotopic (exact) mass is 170 g/mol. The fourth-order valence-corrected chi connectivity index (χ4v) is 1.30. The standard InChI is InChI=1S/C10H8O.C2H2/c11-10-7-3-5-8-4-1-2-6-9(8)10;1-2/h1-6H,7H2;1-2H. The van der Waals surface area contributed by atoms with Crippen molar-refractivity contribution in [3.8, 4) is 12.8 Å². The SMILES string of the molecule is C#C.O=C1CC=Cc2ccccc21. The smallest absolute Gasteiger partial charge is 0.167 e. The number of terminal acetylenes is 1. The molecular weight excluding hydrogens is 160 g/mol. The summed E-state index contributed by atoms with van der Waals surface area (Å²) in [7, 11) is 0. The molecule has 13 heavy (non-hydrogen) atoms. The van der Waals surface area contributed by atoms with E-state index in [2.05, 4.69) is 12.8 Å². The summed E-state index contributed by atoms with van der Waals surface area (Å²) in [6, 6.07) is 7.68. The summed E-state index contributed by atoms with van der Waals surface area (Å²) < 4.78 is 0. The fraction of sp³-hybridized carbons (Fsp3) is 0.0833. The van der Waals surface area contributed by atoms with Crippen molar-refractivity contribution >= 4 is 11.9 Å². The zero-order valence-corrected chi connectivity index (χ0v) is 7.23. The van der Waals surface area contributed by atoms with Crippen molar-refractivity contribution in [1.82, 2.24) is 0 Å². The first-order chi connectivity index (χ1) is 6.38. The second kappa shape index (κ2) is 4.27. The van der Waals surface area contributed by atoms with Gasteiger partial charge < -0.3 is 0 Å². The second-order valence-electron chi connectivity index (χ2n) is 2.62. The van der Waals surface area contributed by atoms with Crippen LogP contribution in [-0.4, -0.2) is 5.78 Å². The van der Waals surface area contributed by atoms with Gasteiger partial charge in [0.2, 0.25) is 0 Å². The summed E-state index contributed by atoms with van der Waals surface area (Å²) >= 11 is 0. The summed E-state index contributed by atoms with van der Waals surface area (Å²) in [5.41, 5.74) is 1.90. The Balaban J connectivity index is 0.000000396. The van der Waals surface area contributed by atoms with E-state index in [-0.39, 0.29) is 5.78 Å². The molecule has 2 rings (SSSR count). The van der Waals surface area contributed by atoms with Crippen molar-refractivity contribution in [3.05, 3.63) is 41.5 Å². The lowest BCUT2D eigenvalue weighted by Crippen LogP contribution is -2.02. The van der Waals surface area contributed by atoms with E-state index in [1.54, 1.807) is 0 Å². The molecular formula is C12H10O. The van der Waals surface area contributed by atoms with E-state index >= 15 is 0 Å². The average Bonchev–Trinajstić information content (AvgIpc) is 2.22. The van der Waals surface area contributed by atoms with Crippen molar-refractivity contribution < 1.29 is 4.79 Å². The molecule has 0 saturated carbocycles. The maximum Gasteiger partial charge on any atom is 0.167 e. The van der Waals surface area contributed by atoms with Crippen molar-refractivity contribution in [3.63, 3.8) is 0 Å². The number of hydrogen-bond donors (Lipinski definition) is 0. The van der Waals surface area contributed by atoms with Gasteiger partial charge in [-0.15, -0.1) is 12.8 Å². The quantitative estimate of drug-likeness (QED) is 0.547. The van der Waals surface area contributed by atoms with E-state index in [0.29, 0.717) is 6.42 Å². The highest BCUT2D eigenvalue weighted by Crippen LogP contribution is 2.17. The molecule has 0 heterocycles. The highest BCUT2D eigenvalue weighted by molar-refractivity contribution is 6.02. The summed E-state index contributed by atoms with van der Waals surface area (Å²) in [5, 5.41) is 0. The van der Waals surface area contributed by atoms with E-state index in [0.717, 1.165) is 11.1 Å². The number of benzene rings is 1. The van der Waals surface area contributed by atoms with Gasteiger partial charge in [-0.05, 0) is 5.56 Å². The molecule has 1 heteroatoms. The maximum absolute atomic E-state index is 11.2. The number of carbonyl (C=O) groups is 1. The van der Waals surface area contributed by atoms with Gasteiger partial charge in [0.15, 0.2) is 5.78 Å². The van der Waals surface area contributed by atoms with Crippen LogP contribution in [0, 0.1) is 12.8 Å². The van der Waals surface area contributed by atoms with E-state index in [4.69, 9.17) is 0 Å². The first-order valence-electron chi connectivity index (χ1n) is 4.00. The van der Waals surface area contributed by atoms with Gasteiger partial charge in [0.1, 0.15) is 0 Å². The van der Waals surface area contributed by atoms with Crippen LogP contribution in [0.5, 0.6) is 0 Å². The number of fused-ring (bicyclic) bond motifs is 1. The summed E-state index contributed by atoms with van der Waals surface area (Å²) in [6.45, 7) is 0. The zero-order chi connectivity index (χ0) is 9.68. The minimum absolute atomic E-state index is 0.225. The van der Waals surface area contributed by atoms with Crippen LogP contribution in [0.3, 0.4) is 0 Å². The molecule has 1 aliphatic carbocycles. The Morgan fingerprint density at radius 1 is 1.15 bits per heavy atom. The topological polar surface area (TPSA) is 17.1 Å². The van der Waals surface area contributed by atoms with Crippen LogP contribution in [-0.2, 0) is 0 Å². The molecule has 1 aromatic carbocycles. The Hall–Kier alpha value is -1.81. The number of rotatable bonds is 0. The van der Waals surface area contributed by atoms with Crippen LogP contribution in [0.15, 0.2) is 30.3 Å². The molecule has 0 atom stereocenters. The highest BCUT2D eigenvalue weighted by atomic mass is 16.1. The molecule has 1 aromatic rings. The van der Waals surface area contributed by atoms with Gasteiger partial charge in [0.25, 0.3) is 0 Å². The number of hydrogen-bond acceptors (Lipinski definition) is 1. The lowest BCUT2D eigenvalue weighted by Gasteiger charge is -2.07. The Bertz CT molecular complexity index is 358. The van der Waals surface area contributed by atoms with Crippen molar-refractivity contribution in [2.45, 2.75) is 6.42 Å². The van der Waals surface area contributed by atoms with Crippen molar-refractivity contribution in [2.75, 3.05) is 0 Å². The fourth-order valence-electron chi connectivity index (χ4n) is 1.30. The molecule has 0 N–H and O–H groups in total. The molecule has 1 aliphatic rings. The first kappa shape index (κ1) is 9.28. The molecule has 1 nitrogen and oxygen atoms in total. The first-order valence-corrected chi connectivity index (χ1v) is 4.00. The largest absolute Gasteiger partial charge is 0.294 e. The summed E-state index contributed by atoms with van der Waals surface area (Å²) in [4.78, 5) is 11.2. The predicted molar refractivity (Wildman–Crippen MR) is 54.3 cm³/mol. The van der Waals surface area contributed by atoms with Crippen LogP contribution < -0.4 is 0 Å². The van der Waals surface area contributed by atoms with Gasteiger partial charge in [-0.25, -0.2) is 0 Å². The molecule has 0 bridgehead atoms. The highest BCUT2D eigenvalue weighted by Gasteiger charge is 2.10. The number of Topliss-reactive ketones (excluding diaryl/α,β-unsaturated/α-hetero) is 1. The molecule has 0 unspecified atom stereocenters. The molecule has 0 aromatic heterocycles. The van der Waals surface area contributed by atoms with Crippen LogP contribution >= 0.6 is 0 Å². The van der Waals surface area contributed by atoms with E-state index in [9.17, 15) is 4.79 Å². The Labute approximate surface area is 78.1 Å². The van der Waals surface area contributed by atoms with Gasteiger partial charge in [-0.1, -0.05) is 36.4 Å². The van der Waals surface area contributed by atoms with Crippen molar-refractivity contribution in [1.29, 1.82) is 0 Å². The lowest BCUT2D eigenvalue weighted by molar-refractivity contribution is 0.0994. The number of carbonyl (C=O) groups excluding carboxylic acids is 1. The minimum Gasteiger partial charge on any atom is -0.294 e. The minimum atomic E-state index is 0.225. The van der Waals surface area contributed by atoms with Crippen molar-refractivity contribution in [2.24, 2.45) is 0 Å². The number of ketones is 1. The Morgan fingerprint density at radius 2 is 1.85 bits per heavy atom. The second-order valence-corrected chi connectivity index (χ2v) is 2.62. The molecule has 0 amide bonds. The van der Waals surface area contributed by atoms with E-state index < -0.39 is 0 Å². The summed E-state index contributed by atoms with van der Waals surface area (Å²) in [5.74, 6) is 0.225. The van der Waals surface area contributed by atoms with E-state index in [1.165, 1.54) is 0 Å². The number of allylic oxidation sites excluding steroid dienone is 1. The third kappa shape index (κ3) is 1.86. The average molecular weight is 170 g/mol. The van der Waals surface area contributed by atoms with Crippen LogP contribution in [0.4, 0.5) is 0 Å². The zero-order valence-electron chi connectivity index (χ0n) is 7.23. The Kier molecular flexibility index (Phi) is 3.05. The Morgan fingerprint density at radius 3 is 2.54 bits per heavy atom. The molecule has 0 spiro atoms. The lowest BCUT2D eigenvalue weighted by atomic mass is 9.97. The van der Waals surface area contributed by atoms with Crippen LogP contribution in [0.25, 0.3) is 6.08 Å².